The number of hydrogen-bond donors (Lipinski definition) is 0. The van der Waals surface area contributed by atoms with Crippen molar-refractivity contribution in [2.45, 2.75) is 25.9 Å². The molecule has 1 unspecified atom stereocenters. The van der Waals surface area contributed by atoms with Crippen LogP contribution >= 0.6 is 0 Å². The molecule has 1 heterocycles. The summed E-state index contributed by atoms with van der Waals surface area (Å²) >= 11 is 0. The molecule has 2 rings (SSSR count). The first-order valence-electron chi connectivity index (χ1n) is 6.10. The number of benzene rings is 1. The number of hydrogen-bond acceptors (Lipinski definition) is 4. The summed E-state index contributed by atoms with van der Waals surface area (Å²) < 4.78 is 16.4. The summed E-state index contributed by atoms with van der Waals surface area (Å²) in [7, 11) is 1.61. The highest BCUT2D eigenvalue weighted by atomic mass is 16.6. The fourth-order valence-corrected chi connectivity index (χ4v) is 2.00. The normalized spacial score (nSPS) is 18.7. The molecule has 0 saturated carbocycles. The third-order valence-electron chi connectivity index (χ3n) is 2.86. The van der Waals surface area contributed by atoms with E-state index in [2.05, 4.69) is 0 Å². The van der Waals surface area contributed by atoms with Crippen molar-refractivity contribution < 1.29 is 19.0 Å². The van der Waals surface area contributed by atoms with Gasteiger partial charge in [0.2, 0.25) is 0 Å². The number of carbonyl (C=O) groups excluding carboxylic acids is 1. The van der Waals surface area contributed by atoms with Gasteiger partial charge in [-0.3, -0.25) is 4.79 Å². The Kier molecular flexibility index (Phi) is 4.20. The van der Waals surface area contributed by atoms with E-state index < -0.39 is 0 Å². The van der Waals surface area contributed by atoms with Crippen LogP contribution in [-0.2, 0) is 16.0 Å². The summed E-state index contributed by atoms with van der Waals surface area (Å²) in [5.74, 6) is 1.51. The minimum atomic E-state index is 0.0754. The molecule has 1 aromatic rings. The molecule has 0 aliphatic carbocycles. The lowest BCUT2D eigenvalue weighted by Gasteiger charge is -2.15. The number of Topliss-reactive ketones (excluding diaryl/α,β-unsaturated/α-hetero) is 1. The second-order valence-corrected chi connectivity index (χ2v) is 4.47. The van der Waals surface area contributed by atoms with Crippen molar-refractivity contribution >= 4 is 5.78 Å². The van der Waals surface area contributed by atoms with Crippen LogP contribution in [0.2, 0.25) is 0 Å². The summed E-state index contributed by atoms with van der Waals surface area (Å²) in [5, 5.41) is 0. The number of methoxy groups -OCH3 is 1. The van der Waals surface area contributed by atoms with Gasteiger partial charge in [-0.25, -0.2) is 0 Å². The Labute approximate surface area is 107 Å². The van der Waals surface area contributed by atoms with Gasteiger partial charge < -0.3 is 14.2 Å². The van der Waals surface area contributed by atoms with Crippen LogP contribution in [-0.4, -0.2) is 32.2 Å². The Morgan fingerprint density at radius 1 is 1.44 bits per heavy atom. The van der Waals surface area contributed by atoms with Crippen LogP contribution in [0.5, 0.6) is 11.5 Å². The molecule has 4 nitrogen and oxygen atoms in total. The summed E-state index contributed by atoms with van der Waals surface area (Å²) in [6.07, 6.45) is 1.38. The third-order valence-corrected chi connectivity index (χ3v) is 2.86. The molecule has 0 bridgehead atoms. The molecule has 98 valence electrons. The maximum absolute atomic E-state index is 11.1. The smallest absolute Gasteiger partial charge is 0.161 e. The summed E-state index contributed by atoms with van der Waals surface area (Å²) in [4.78, 5) is 11.1. The van der Waals surface area contributed by atoms with Gasteiger partial charge in [-0.2, -0.15) is 0 Å². The first kappa shape index (κ1) is 12.9. The maximum atomic E-state index is 11.1. The minimum Gasteiger partial charge on any atom is -0.493 e. The Morgan fingerprint density at radius 3 is 2.89 bits per heavy atom. The van der Waals surface area contributed by atoms with Crippen molar-refractivity contribution in [3.05, 3.63) is 23.8 Å². The quantitative estimate of drug-likeness (QED) is 0.801. The Bertz CT molecular complexity index is 422. The van der Waals surface area contributed by atoms with E-state index in [1.165, 1.54) is 0 Å². The molecule has 1 saturated heterocycles. The largest absolute Gasteiger partial charge is 0.493 e. The second-order valence-electron chi connectivity index (χ2n) is 4.47. The lowest BCUT2D eigenvalue weighted by Crippen LogP contribution is -2.16. The van der Waals surface area contributed by atoms with Crippen LogP contribution in [0.1, 0.15) is 18.9 Å². The van der Waals surface area contributed by atoms with Crippen molar-refractivity contribution in [2.75, 3.05) is 20.3 Å². The van der Waals surface area contributed by atoms with E-state index in [9.17, 15) is 4.79 Å². The monoisotopic (exact) mass is 250 g/mol. The summed E-state index contributed by atoms with van der Waals surface area (Å²) in [5.41, 5.74) is 0.942. The molecule has 1 aromatic carbocycles. The highest BCUT2D eigenvalue weighted by molar-refractivity contribution is 5.78. The molecule has 1 fully saturated rings. The van der Waals surface area contributed by atoms with Gasteiger partial charge in [0.25, 0.3) is 0 Å². The molecule has 0 radical (unpaired) electrons. The zero-order valence-electron chi connectivity index (χ0n) is 10.8. The van der Waals surface area contributed by atoms with E-state index in [1.54, 1.807) is 14.0 Å². The van der Waals surface area contributed by atoms with Crippen molar-refractivity contribution in [1.82, 2.24) is 0 Å². The standard InChI is InChI=1S/C14H18O4/c1-10(15)7-11-3-4-13(16-2)14(8-11)18-12-5-6-17-9-12/h3-4,8,12H,5-7,9H2,1-2H3. The number of carbonyl (C=O) groups is 1. The van der Waals surface area contributed by atoms with E-state index in [1.807, 2.05) is 18.2 Å². The average Bonchev–Trinajstić information content (AvgIpc) is 2.81. The average molecular weight is 250 g/mol. The zero-order chi connectivity index (χ0) is 13.0. The van der Waals surface area contributed by atoms with Crippen LogP contribution in [0.15, 0.2) is 18.2 Å². The van der Waals surface area contributed by atoms with Crippen LogP contribution in [0.3, 0.4) is 0 Å². The number of rotatable bonds is 5. The van der Waals surface area contributed by atoms with E-state index in [0.29, 0.717) is 24.5 Å². The molecule has 1 atom stereocenters. The highest BCUT2D eigenvalue weighted by Gasteiger charge is 2.19. The van der Waals surface area contributed by atoms with E-state index in [-0.39, 0.29) is 11.9 Å². The Balaban J connectivity index is 2.15. The minimum absolute atomic E-state index is 0.0754. The van der Waals surface area contributed by atoms with Gasteiger partial charge in [-0.1, -0.05) is 6.07 Å². The number of ketones is 1. The van der Waals surface area contributed by atoms with Crippen LogP contribution in [0.4, 0.5) is 0 Å². The molecular weight excluding hydrogens is 232 g/mol. The molecule has 0 spiro atoms. The van der Waals surface area contributed by atoms with Crippen molar-refractivity contribution in [3.63, 3.8) is 0 Å². The van der Waals surface area contributed by atoms with Gasteiger partial charge in [-0.05, 0) is 24.6 Å². The second kappa shape index (κ2) is 5.87. The Morgan fingerprint density at radius 2 is 2.28 bits per heavy atom. The topological polar surface area (TPSA) is 44.8 Å². The SMILES string of the molecule is COc1ccc(CC(C)=O)cc1OC1CCOC1. The lowest BCUT2D eigenvalue weighted by molar-refractivity contribution is -0.116. The first-order valence-corrected chi connectivity index (χ1v) is 6.10. The molecule has 1 aliphatic rings. The molecule has 0 N–H and O–H groups in total. The van der Waals surface area contributed by atoms with Crippen LogP contribution in [0, 0.1) is 0 Å². The van der Waals surface area contributed by atoms with Gasteiger partial charge >= 0.3 is 0 Å². The van der Waals surface area contributed by atoms with E-state index >= 15 is 0 Å². The van der Waals surface area contributed by atoms with Gasteiger partial charge in [0, 0.05) is 12.8 Å². The first-order chi connectivity index (χ1) is 8.69. The predicted octanol–water partition coefficient (Wildman–Crippen LogP) is 1.99. The van der Waals surface area contributed by atoms with Crippen LogP contribution < -0.4 is 9.47 Å². The molecule has 0 amide bonds. The summed E-state index contributed by atoms with van der Waals surface area (Å²) in [6, 6.07) is 5.60. The van der Waals surface area contributed by atoms with Gasteiger partial charge in [0.05, 0.1) is 20.3 Å². The highest BCUT2D eigenvalue weighted by Crippen LogP contribution is 2.30. The molecule has 4 heteroatoms. The third kappa shape index (κ3) is 3.23. The predicted molar refractivity (Wildman–Crippen MR) is 67.2 cm³/mol. The maximum Gasteiger partial charge on any atom is 0.161 e. The molecule has 1 aliphatic heterocycles. The van der Waals surface area contributed by atoms with Gasteiger partial charge in [0.1, 0.15) is 11.9 Å². The zero-order valence-corrected chi connectivity index (χ0v) is 10.8. The van der Waals surface area contributed by atoms with Gasteiger partial charge in [-0.15, -0.1) is 0 Å². The molecule has 0 aromatic heterocycles. The molecular formula is C14H18O4. The van der Waals surface area contributed by atoms with E-state index in [4.69, 9.17) is 14.2 Å². The van der Waals surface area contributed by atoms with Gasteiger partial charge in [0.15, 0.2) is 11.5 Å². The fraction of sp³-hybridized carbons (Fsp3) is 0.500. The number of ether oxygens (including phenoxy) is 3. The van der Waals surface area contributed by atoms with E-state index in [0.717, 1.165) is 18.6 Å². The molecule has 18 heavy (non-hydrogen) atoms. The summed E-state index contributed by atoms with van der Waals surface area (Å²) in [6.45, 7) is 2.93. The van der Waals surface area contributed by atoms with Crippen LogP contribution in [0.25, 0.3) is 0 Å². The fourth-order valence-electron chi connectivity index (χ4n) is 2.00. The Hall–Kier alpha value is -1.55. The van der Waals surface area contributed by atoms with Crippen molar-refractivity contribution in [2.24, 2.45) is 0 Å². The lowest BCUT2D eigenvalue weighted by atomic mass is 10.1. The van der Waals surface area contributed by atoms with Crippen molar-refractivity contribution in [3.8, 4) is 11.5 Å². The van der Waals surface area contributed by atoms with Crippen molar-refractivity contribution in [1.29, 1.82) is 0 Å².